The lowest BCUT2D eigenvalue weighted by Crippen LogP contribution is -2.12. The number of aromatic nitrogens is 5. The molecule has 0 amide bonds. The van der Waals surface area contributed by atoms with Gasteiger partial charge >= 0.3 is 5.97 Å². The van der Waals surface area contributed by atoms with E-state index >= 15 is 0 Å². The minimum absolute atomic E-state index is 0.317. The van der Waals surface area contributed by atoms with Crippen molar-refractivity contribution in [3.05, 3.63) is 59.5 Å². The molecular weight excluding hydrogens is 362 g/mol. The molecule has 0 aliphatic carbocycles. The van der Waals surface area contributed by atoms with Crippen molar-refractivity contribution in [1.29, 1.82) is 0 Å². The first kappa shape index (κ1) is 17.4. The van der Waals surface area contributed by atoms with Gasteiger partial charge in [-0.25, -0.2) is 14.3 Å². The minimum atomic E-state index is -0.353. The van der Waals surface area contributed by atoms with Gasteiger partial charge in [0.1, 0.15) is 0 Å². The van der Waals surface area contributed by atoms with Crippen molar-refractivity contribution in [1.82, 2.24) is 24.6 Å². The molecule has 27 heavy (non-hydrogen) atoms. The first-order valence-corrected chi connectivity index (χ1v) is 9.51. The largest absolute Gasteiger partial charge is 0.462 e. The molecule has 136 valence electrons. The number of thioether (sulfide) groups is 1. The fourth-order valence-electron chi connectivity index (χ4n) is 2.93. The number of rotatable bonds is 5. The van der Waals surface area contributed by atoms with Crippen LogP contribution in [-0.2, 0) is 10.5 Å². The van der Waals surface area contributed by atoms with E-state index in [0.29, 0.717) is 34.6 Å². The van der Waals surface area contributed by atoms with Crippen molar-refractivity contribution in [3.8, 4) is 0 Å². The Morgan fingerprint density at radius 2 is 2.07 bits per heavy atom. The molecule has 0 bridgehead atoms. The van der Waals surface area contributed by atoms with E-state index in [-0.39, 0.29) is 5.97 Å². The van der Waals surface area contributed by atoms with Crippen LogP contribution in [0.2, 0.25) is 0 Å². The molecule has 1 aromatic carbocycles. The van der Waals surface area contributed by atoms with E-state index in [9.17, 15) is 4.79 Å². The van der Waals surface area contributed by atoms with Gasteiger partial charge in [0, 0.05) is 23.5 Å². The maximum atomic E-state index is 12.6. The fraction of sp³-hybridized carbons (Fsp3) is 0.211. The van der Waals surface area contributed by atoms with Crippen molar-refractivity contribution in [2.45, 2.75) is 24.8 Å². The average molecular weight is 379 g/mol. The summed E-state index contributed by atoms with van der Waals surface area (Å²) < 4.78 is 6.88. The third-order valence-corrected chi connectivity index (χ3v) is 4.99. The van der Waals surface area contributed by atoms with Gasteiger partial charge in [0.2, 0.25) is 5.16 Å². The van der Waals surface area contributed by atoms with Gasteiger partial charge in [-0.05, 0) is 31.5 Å². The van der Waals surface area contributed by atoms with Crippen LogP contribution in [0.5, 0.6) is 0 Å². The Morgan fingerprint density at radius 1 is 1.22 bits per heavy atom. The molecule has 3 heterocycles. The van der Waals surface area contributed by atoms with Gasteiger partial charge in [-0.1, -0.05) is 30.0 Å². The molecule has 0 unspecified atom stereocenters. The third kappa shape index (κ3) is 3.35. The van der Waals surface area contributed by atoms with Gasteiger partial charge < -0.3 is 4.74 Å². The van der Waals surface area contributed by atoms with E-state index in [4.69, 9.17) is 9.72 Å². The maximum Gasteiger partial charge on any atom is 0.340 e. The second-order valence-corrected chi connectivity index (χ2v) is 6.79. The normalized spacial score (nSPS) is 11.2. The highest BCUT2D eigenvalue weighted by Gasteiger charge is 2.20. The number of nitrogens with zero attached hydrogens (tertiary/aromatic N) is 5. The molecule has 8 heteroatoms. The molecule has 3 aromatic heterocycles. The van der Waals surface area contributed by atoms with Crippen LogP contribution < -0.4 is 0 Å². The molecule has 0 saturated heterocycles. The zero-order valence-electron chi connectivity index (χ0n) is 14.9. The van der Waals surface area contributed by atoms with Crippen LogP contribution >= 0.6 is 11.8 Å². The van der Waals surface area contributed by atoms with Crippen LogP contribution in [0, 0.1) is 6.92 Å². The molecule has 0 radical (unpaired) electrons. The van der Waals surface area contributed by atoms with Gasteiger partial charge in [0.15, 0.2) is 0 Å². The van der Waals surface area contributed by atoms with Crippen LogP contribution in [0.25, 0.3) is 16.7 Å². The summed E-state index contributed by atoms with van der Waals surface area (Å²) in [6, 6.07) is 9.58. The van der Waals surface area contributed by atoms with Crippen molar-refractivity contribution in [2.24, 2.45) is 0 Å². The van der Waals surface area contributed by atoms with Crippen molar-refractivity contribution in [2.75, 3.05) is 6.61 Å². The molecule has 0 aliphatic rings. The summed E-state index contributed by atoms with van der Waals surface area (Å²) in [6.07, 6.45) is 3.47. The van der Waals surface area contributed by atoms with Crippen molar-refractivity contribution < 1.29 is 9.53 Å². The van der Waals surface area contributed by atoms with Crippen LogP contribution in [0.4, 0.5) is 0 Å². The summed E-state index contributed by atoms with van der Waals surface area (Å²) in [6.45, 7) is 4.04. The molecule has 0 N–H and O–H groups in total. The molecule has 4 rings (SSSR count). The lowest BCUT2D eigenvalue weighted by molar-refractivity contribution is 0.0524. The van der Waals surface area contributed by atoms with E-state index in [1.807, 2.05) is 31.2 Å². The number of aryl methyl sites for hydroxylation is 1. The van der Waals surface area contributed by atoms with E-state index in [1.54, 1.807) is 29.9 Å². The standard InChI is InChI=1S/C19H17N5O2S/c1-3-26-17(25)16-12(2)13-7-4-5-8-14(13)21-15(16)11-27-19-22-18-20-9-6-10-24(18)23-19/h4-10H,3,11H2,1-2H3. The Morgan fingerprint density at radius 3 is 2.89 bits per heavy atom. The number of hydrogen-bond donors (Lipinski definition) is 0. The number of para-hydroxylation sites is 1. The van der Waals surface area contributed by atoms with Gasteiger partial charge in [-0.2, -0.15) is 4.98 Å². The fourth-order valence-corrected chi connectivity index (χ4v) is 3.69. The highest BCUT2D eigenvalue weighted by Crippen LogP contribution is 2.28. The molecule has 0 aliphatic heterocycles. The van der Waals surface area contributed by atoms with Crippen LogP contribution in [0.1, 0.15) is 28.5 Å². The molecule has 0 spiro atoms. The zero-order chi connectivity index (χ0) is 18.8. The topological polar surface area (TPSA) is 82.3 Å². The Bertz CT molecular complexity index is 1110. The van der Waals surface area contributed by atoms with Crippen molar-refractivity contribution in [3.63, 3.8) is 0 Å². The first-order valence-electron chi connectivity index (χ1n) is 8.53. The highest BCUT2D eigenvalue weighted by molar-refractivity contribution is 7.98. The summed E-state index contributed by atoms with van der Waals surface area (Å²) in [7, 11) is 0. The maximum absolute atomic E-state index is 12.6. The lowest BCUT2D eigenvalue weighted by atomic mass is 10.0. The second kappa shape index (κ2) is 7.32. The van der Waals surface area contributed by atoms with E-state index < -0.39 is 0 Å². The minimum Gasteiger partial charge on any atom is -0.462 e. The van der Waals surface area contributed by atoms with Gasteiger partial charge in [-0.3, -0.25) is 4.98 Å². The Balaban J connectivity index is 1.72. The number of hydrogen-bond acceptors (Lipinski definition) is 7. The number of carbonyl (C=O) groups excluding carboxylic acids is 1. The Kier molecular flexibility index (Phi) is 4.72. The number of esters is 1. The quantitative estimate of drug-likeness (QED) is 0.388. The molecule has 4 aromatic rings. The third-order valence-electron chi connectivity index (χ3n) is 4.14. The van der Waals surface area contributed by atoms with E-state index in [2.05, 4.69) is 15.1 Å². The summed E-state index contributed by atoms with van der Waals surface area (Å²) in [5.41, 5.74) is 2.91. The number of carbonyl (C=O) groups is 1. The molecule has 0 atom stereocenters. The Hall–Kier alpha value is -3.00. The number of pyridine rings is 1. The SMILES string of the molecule is CCOC(=O)c1c(CSc2nc3ncccn3n2)nc2ccccc2c1C. The first-order chi connectivity index (χ1) is 13.2. The number of benzene rings is 1. The van der Waals surface area contributed by atoms with Crippen LogP contribution in [-0.4, -0.2) is 37.1 Å². The lowest BCUT2D eigenvalue weighted by Gasteiger charge is -2.13. The molecule has 0 fully saturated rings. The number of ether oxygens (including phenoxy) is 1. The predicted molar refractivity (Wildman–Crippen MR) is 103 cm³/mol. The van der Waals surface area contributed by atoms with Gasteiger partial charge in [0.25, 0.3) is 5.78 Å². The monoisotopic (exact) mass is 379 g/mol. The van der Waals surface area contributed by atoms with E-state index in [0.717, 1.165) is 16.5 Å². The van der Waals surface area contributed by atoms with Crippen LogP contribution in [0.15, 0.2) is 47.9 Å². The summed E-state index contributed by atoms with van der Waals surface area (Å²) in [4.78, 5) is 25.8. The van der Waals surface area contributed by atoms with Crippen molar-refractivity contribution >= 4 is 34.4 Å². The summed E-state index contributed by atoms with van der Waals surface area (Å²) >= 11 is 1.41. The molecule has 0 saturated carbocycles. The van der Waals surface area contributed by atoms with Crippen LogP contribution in [0.3, 0.4) is 0 Å². The molecule has 7 nitrogen and oxygen atoms in total. The second-order valence-electron chi connectivity index (χ2n) is 5.84. The highest BCUT2D eigenvalue weighted by atomic mass is 32.2. The molecular formula is C19H17N5O2S. The average Bonchev–Trinajstić information content (AvgIpc) is 3.09. The smallest absolute Gasteiger partial charge is 0.340 e. The van der Waals surface area contributed by atoms with Gasteiger partial charge in [0.05, 0.1) is 23.4 Å². The van der Waals surface area contributed by atoms with E-state index in [1.165, 1.54) is 11.8 Å². The summed E-state index contributed by atoms with van der Waals surface area (Å²) in [5, 5.41) is 5.91. The zero-order valence-corrected chi connectivity index (χ0v) is 15.7. The van der Waals surface area contributed by atoms with Gasteiger partial charge in [-0.15, -0.1) is 5.10 Å². The Labute approximate surface area is 159 Å². The number of fused-ring (bicyclic) bond motifs is 2. The predicted octanol–water partition coefficient (Wildman–Crippen LogP) is 3.45. The summed E-state index contributed by atoms with van der Waals surface area (Å²) in [5.74, 6) is 0.637.